The first-order valence-electron chi connectivity index (χ1n) is 11.1. The fraction of sp³-hybridized carbons (Fsp3) is 0.333. The Morgan fingerprint density at radius 2 is 1.77 bits per heavy atom. The van der Waals surface area contributed by atoms with Crippen LogP contribution in [-0.2, 0) is 13.1 Å². The predicted molar refractivity (Wildman–Crippen MR) is 128 cm³/mol. The van der Waals surface area contributed by atoms with Crippen LogP contribution in [0, 0.1) is 13.8 Å². The van der Waals surface area contributed by atoms with Crippen molar-refractivity contribution < 1.29 is 25.2 Å². The van der Waals surface area contributed by atoms with Gasteiger partial charge in [0.25, 0.3) is 11.5 Å². The number of hydrogen-bond donors (Lipinski definition) is 6. The molecule has 0 aliphatic heterocycles. The maximum atomic E-state index is 13.3. The standard InChI is InChI=1S/C24H27N5O6/c1-12-7-16-17(8-13(12)2)29(10-18(31)22(33)19(32)11-30)24(35)21(28-16)23(34)25-9-20-26-14-5-3-4-6-15(14)27-20/h3-8,18-19,22,30-33H,9-11H2,1-2H3,(H,25,34)(H,26,27)/t18-,19+,22-/m0/s1. The molecule has 2 aromatic carbocycles. The van der Waals surface area contributed by atoms with E-state index in [2.05, 4.69) is 20.3 Å². The van der Waals surface area contributed by atoms with Gasteiger partial charge in [0, 0.05) is 0 Å². The molecule has 11 heteroatoms. The van der Waals surface area contributed by atoms with E-state index >= 15 is 0 Å². The van der Waals surface area contributed by atoms with E-state index in [1.165, 1.54) is 0 Å². The van der Waals surface area contributed by atoms with Crippen molar-refractivity contribution in [2.75, 3.05) is 6.61 Å². The molecule has 4 aromatic rings. The van der Waals surface area contributed by atoms with Gasteiger partial charge in [-0.3, -0.25) is 9.59 Å². The molecule has 0 spiro atoms. The highest BCUT2D eigenvalue weighted by atomic mass is 16.4. The van der Waals surface area contributed by atoms with Gasteiger partial charge in [-0.2, -0.15) is 0 Å². The minimum Gasteiger partial charge on any atom is -0.394 e. The second-order valence-corrected chi connectivity index (χ2v) is 8.49. The van der Waals surface area contributed by atoms with E-state index in [9.17, 15) is 24.9 Å². The molecule has 4 rings (SSSR count). The zero-order chi connectivity index (χ0) is 25.3. The van der Waals surface area contributed by atoms with Gasteiger partial charge in [0.15, 0.2) is 5.69 Å². The van der Waals surface area contributed by atoms with Gasteiger partial charge >= 0.3 is 0 Å². The summed E-state index contributed by atoms with van der Waals surface area (Å²) in [6.45, 7) is 2.55. The summed E-state index contributed by atoms with van der Waals surface area (Å²) in [6.07, 6.45) is -4.88. The van der Waals surface area contributed by atoms with Gasteiger partial charge in [0.2, 0.25) is 0 Å². The van der Waals surface area contributed by atoms with Crippen molar-refractivity contribution in [2.45, 2.75) is 45.2 Å². The number of nitrogens with zero attached hydrogens (tertiary/aromatic N) is 3. The van der Waals surface area contributed by atoms with Gasteiger partial charge < -0.3 is 35.3 Å². The Morgan fingerprint density at radius 3 is 2.49 bits per heavy atom. The highest BCUT2D eigenvalue weighted by molar-refractivity contribution is 5.94. The fourth-order valence-electron chi connectivity index (χ4n) is 3.82. The first-order chi connectivity index (χ1) is 16.7. The minimum atomic E-state index is -1.70. The number of nitrogens with one attached hydrogen (secondary N) is 2. The topological polar surface area (TPSA) is 174 Å². The first-order valence-corrected chi connectivity index (χ1v) is 11.1. The molecule has 0 bridgehead atoms. The molecule has 35 heavy (non-hydrogen) atoms. The van der Waals surface area contributed by atoms with Gasteiger partial charge in [0.05, 0.1) is 41.8 Å². The quantitative estimate of drug-likeness (QED) is 0.202. The number of H-pyrrole nitrogens is 1. The van der Waals surface area contributed by atoms with Crippen LogP contribution >= 0.6 is 0 Å². The maximum Gasteiger partial charge on any atom is 0.282 e. The van der Waals surface area contributed by atoms with E-state index in [1.54, 1.807) is 12.1 Å². The second kappa shape index (κ2) is 9.92. The number of aromatic nitrogens is 4. The van der Waals surface area contributed by atoms with Crippen molar-refractivity contribution in [1.29, 1.82) is 0 Å². The Bertz CT molecular complexity index is 1410. The molecule has 0 radical (unpaired) electrons. The van der Waals surface area contributed by atoms with Crippen molar-refractivity contribution in [3.63, 3.8) is 0 Å². The van der Waals surface area contributed by atoms with Gasteiger partial charge in [-0.25, -0.2) is 9.97 Å². The number of aliphatic hydroxyl groups excluding tert-OH is 4. The Labute approximate surface area is 199 Å². The zero-order valence-corrected chi connectivity index (χ0v) is 19.3. The molecule has 184 valence electrons. The molecule has 3 atom stereocenters. The highest BCUT2D eigenvalue weighted by Crippen LogP contribution is 2.18. The Balaban J connectivity index is 1.68. The van der Waals surface area contributed by atoms with Crippen LogP contribution in [0.25, 0.3) is 22.1 Å². The van der Waals surface area contributed by atoms with Gasteiger partial charge in [0.1, 0.15) is 24.1 Å². The van der Waals surface area contributed by atoms with E-state index in [-0.39, 0.29) is 12.2 Å². The average Bonchev–Trinajstić information content (AvgIpc) is 3.27. The lowest BCUT2D eigenvalue weighted by atomic mass is 10.1. The molecule has 2 aromatic heterocycles. The molecule has 11 nitrogen and oxygen atoms in total. The molecule has 0 saturated heterocycles. The van der Waals surface area contributed by atoms with Gasteiger partial charge in [-0.1, -0.05) is 12.1 Å². The van der Waals surface area contributed by atoms with Gasteiger partial charge in [-0.15, -0.1) is 0 Å². The number of aliphatic hydroxyl groups is 4. The summed E-state index contributed by atoms with van der Waals surface area (Å²) in [5, 5.41) is 41.9. The number of para-hydroxylation sites is 2. The number of imidazole rings is 1. The Kier molecular flexibility index (Phi) is 6.94. The lowest BCUT2D eigenvalue weighted by Crippen LogP contribution is -2.44. The molecule has 0 fully saturated rings. The van der Waals surface area contributed by atoms with Crippen LogP contribution in [0.4, 0.5) is 0 Å². The number of carbonyl (C=O) groups is 1. The lowest BCUT2D eigenvalue weighted by Gasteiger charge is -2.23. The van der Waals surface area contributed by atoms with Crippen LogP contribution in [-0.4, -0.2) is 70.8 Å². The number of hydrogen-bond acceptors (Lipinski definition) is 8. The lowest BCUT2D eigenvalue weighted by molar-refractivity contribution is -0.0805. The minimum absolute atomic E-state index is 0.0314. The summed E-state index contributed by atoms with van der Waals surface area (Å²) < 4.78 is 1.14. The third-order valence-corrected chi connectivity index (χ3v) is 5.98. The third-order valence-electron chi connectivity index (χ3n) is 5.98. The van der Waals surface area contributed by atoms with Gasteiger partial charge in [-0.05, 0) is 49.2 Å². The molecule has 1 amide bonds. The van der Waals surface area contributed by atoms with Crippen molar-refractivity contribution in [3.05, 3.63) is 69.4 Å². The smallest absolute Gasteiger partial charge is 0.282 e. The van der Waals surface area contributed by atoms with Crippen molar-refractivity contribution in [2.24, 2.45) is 0 Å². The SMILES string of the molecule is Cc1cc2nc(C(=O)NCc3nc4ccccc4[nH]3)c(=O)n(C[C@H](O)[C@H](O)[C@H](O)CO)c2cc1C. The van der Waals surface area contributed by atoms with E-state index in [0.29, 0.717) is 16.9 Å². The van der Waals surface area contributed by atoms with Crippen LogP contribution in [0.3, 0.4) is 0 Å². The summed E-state index contributed by atoms with van der Waals surface area (Å²) in [7, 11) is 0. The average molecular weight is 482 g/mol. The monoisotopic (exact) mass is 481 g/mol. The van der Waals surface area contributed by atoms with Crippen molar-refractivity contribution >= 4 is 28.0 Å². The number of benzene rings is 2. The summed E-state index contributed by atoms with van der Waals surface area (Å²) in [6, 6.07) is 10.8. The maximum absolute atomic E-state index is 13.3. The Morgan fingerprint density at radius 1 is 1.06 bits per heavy atom. The van der Waals surface area contributed by atoms with E-state index in [4.69, 9.17) is 5.11 Å². The molecule has 6 N–H and O–H groups in total. The molecule has 0 aliphatic carbocycles. The fourth-order valence-corrected chi connectivity index (χ4v) is 3.82. The normalized spacial score (nSPS) is 14.2. The van der Waals surface area contributed by atoms with Crippen molar-refractivity contribution in [3.8, 4) is 0 Å². The van der Waals surface area contributed by atoms with Crippen LogP contribution < -0.4 is 10.9 Å². The predicted octanol–water partition coefficient (Wildman–Crippen LogP) is -0.105. The summed E-state index contributed by atoms with van der Waals surface area (Å²) in [5.41, 5.74) is 2.86. The highest BCUT2D eigenvalue weighted by Gasteiger charge is 2.27. The molecular formula is C24H27N5O6. The number of carbonyl (C=O) groups excluding carboxylic acids is 1. The number of amides is 1. The summed E-state index contributed by atoms with van der Waals surface area (Å²) >= 11 is 0. The van der Waals surface area contributed by atoms with Crippen LogP contribution in [0.5, 0.6) is 0 Å². The van der Waals surface area contributed by atoms with Crippen molar-refractivity contribution in [1.82, 2.24) is 24.8 Å². The number of aryl methyl sites for hydroxylation is 2. The molecule has 0 aliphatic rings. The second-order valence-electron chi connectivity index (χ2n) is 8.49. The molecular weight excluding hydrogens is 454 g/mol. The zero-order valence-electron chi connectivity index (χ0n) is 19.3. The van der Waals surface area contributed by atoms with Crippen LogP contribution in [0.1, 0.15) is 27.4 Å². The number of rotatable bonds is 8. The van der Waals surface area contributed by atoms with Crippen LogP contribution in [0.15, 0.2) is 41.2 Å². The molecule has 0 saturated carbocycles. The summed E-state index contributed by atoms with van der Waals surface area (Å²) in [5.74, 6) is -0.224. The number of fused-ring (bicyclic) bond motifs is 2. The van der Waals surface area contributed by atoms with E-state index in [1.807, 2.05) is 38.1 Å². The van der Waals surface area contributed by atoms with E-state index < -0.39 is 42.9 Å². The molecule has 0 unspecified atom stereocenters. The van der Waals surface area contributed by atoms with E-state index in [0.717, 1.165) is 26.7 Å². The third kappa shape index (κ3) is 4.93. The largest absolute Gasteiger partial charge is 0.394 e. The molecule has 2 heterocycles. The Hall–Kier alpha value is -3.64. The number of aromatic amines is 1. The summed E-state index contributed by atoms with van der Waals surface area (Å²) in [4.78, 5) is 38.0. The first kappa shape index (κ1) is 24.5. The van der Waals surface area contributed by atoms with Crippen LogP contribution in [0.2, 0.25) is 0 Å².